The molecule has 0 saturated carbocycles. The van der Waals surface area contributed by atoms with Gasteiger partial charge in [-0.3, -0.25) is 9.69 Å². The molecular formula is C17H27N3O4. The first kappa shape index (κ1) is 18.5. The normalized spacial score (nSPS) is 16.0. The molecule has 0 saturated heterocycles. The van der Waals surface area contributed by atoms with Crippen molar-refractivity contribution in [1.82, 2.24) is 15.7 Å². The number of aryl methyl sites for hydroxylation is 1. The van der Waals surface area contributed by atoms with Crippen molar-refractivity contribution in [3.8, 4) is 11.5 Å². The molecule has 1 aliphatic rings. The third kappa shape index (κ3) is 4.59. The Balaban J connectivity index is 2.09. The van der Waals surface area contributed by atoms with E-state index in [1.54, 1.807) is 14.2 Å². The summed E-state index contributed by atoms with van der Waals surface area (Å²) in [6.45, 7) is 4.31. The highest BCUT2D eigenvalue weighted by Gasteiger charge is 2.22. The molecule has 1 atom stereocenters. The van der Waals surface area contributed by atoms with Crippen LogP contribution in [0.25, 0.3) is 0 Å². The van der Waals surface area contributed by atoms with Crippen LogP contribution in [0.15, 0.2) is 12.1 Å². The van der Waals surface area contributed by atoms with E-state index in [0.717, 1.165) is 49.5 Å². The molecule has 3 N–H and O–H groups in total. The molecule has 0 aromatic heterocycles. The smallest absolute Gasteiger partial charge is 0.236 e. The molecule has 0 spiro atoms. The van der Waals surface area contributed by atoms with Crippen LogP contribution in [0.1, 0.15) is 24.5 Å². The number of amides is 1. The SMILES string of the molecule is COc1ccc2c(c1OC)CN(C[C@H](C)NC(=O)CNO)CCC2. The summed E-state index contributed by atoms with van der Waals surface area (Å²) in [6.07, 6.45) is 2.06. The Hall–Kier alpha value is -1.83. The van der Waals surface area contributed by atoms with Crippen LogP contribution in [0.2, 0.25) is 0 Å². The summed E-state index contributed by atoms with van der Waals surface area (Å²) in [7, 11) is 3.31. The van der Waals surface area contributed by atoms with E-state index in [0.29, 0.717) is 0 Å². The molecule has 1 aliphatic heterocycles. The monoisotopic (exact) mass is 337 g/mol. The first-order chi connectivity index (χ1) is 11.6. The molecule has 0 unspecified atom stereocenters. The van der Waals surface area contributed by atoms with Crippen molar-refractivity contribution in [1.29, 1.82) is 0 Å². The lowest BCUT2D eigenvalue weighted by Crippen LogP contribution is -2.44. The molecule has 1 heterocycles. The summed E-state index contributed by atoms with van der Waals surface area (Å²) < 4.78 is 11.0. The third-order valence-electron chi connectivity index (χ3n) is 4.23. The summed E-state index contributed by atoms with van der Waals surface area (Å²) in [5, 5.41) is 11.4. The molecule has 1 amide bonds. The minimum absolute atomic E-state index is 0.0102. The summed E-state index contributed by atoms with van der Waals surface area (Å²) in [6, 6.07) is 4.06. The van der Waals surface area contributed by atoms with Gasteiger partial charge in [0.15, 0.2) is 11.5 Å². The highest BCUT2D eigenvalue weighted by atomic mass is 16.5. The van der Waals surface area contributed by atoms with Crippen molar-refractivity contribution in [3.05, 3.63) is 23.3 Å². The highest BCUT2D eigenvalue weighted by molar-refractivity contribution is 5.78. The Labute approximate surface area is 142 Å². The van der Waals surface area contributed by atoms with Gasteiger partial charge < -0.3 is 20.0 Å². The van der Waals surface area contributed by atoms with Gasteiger partial charge in [0.25, 0.3) is 0 Å². The van der Waals surface area contributed by atoms with Gasteiger partial charge in [-0.05, 0) is 37.9 Å². The van der Waals surface area contributed by atoms with Crippen LogP contribution in [-0.4, -0.2) is 55.9 Å². The molecule has 134 valence electrons. The van der Waals surface area contributed by atoms with Gasteiger partial charge in [-0.1, -0.05) is 6.07 Å². The van der Waals surface area contributed by atoms with Crippen molar-refractivity contribution >= 4 is 5.91 Å². The Kier molecular flexibility index (Phi) is 6.84. The lowest BCUT2D eigenvalue weighted by atomic mass is 10.0. The van der Waals surface area contributed by atoms with Gasteiger partial charge in [0, 0.05) is 24.7 Å². The molecule has 2 rings (SSSR count). The second-order valence-corrected chi connectivity index (χ2v) is 6.08. The van der Waals surface area contributed by atoms with Crippen molar-refractivity contribution in [2.45, 2.75) is 32.4 Å². The van der Waals surface area contributed by atoms with Crippen LogP contribution in [0, 0.1) is 0 Å². The largest absolute Gasteiger partial charge is 0.493 e. The molecule has 0 fully saturated rings. The number of nitrogens with zero attached hydrogens (tertiary/aromatic N) is 1. The van der Waals surface area contributed by atoms with Gasteiger partial charge >= 0.3 is 0 Å². The molecule has 1 aromatic carbocycles. The van der Waals surface area contributed by atoms with Crippen molar-refractivity contribution in [3.63, 3.8) is 0 Å². The van der Waals surface area contributed by atoms with E-state index in [1.165, 1.54) is 5.56 Å². The maximum absolute atomic E-state index is 11.6. The second-order valence-electron chi connectivity index (χ2n) is 6.08. The maximum Gasteiger partial charge on any atom is 0.236 e. The summed E-state index contributed by atoms with van der Waals surface area (Å²) in [5.74, 6) is 1.32. The van der Waals surface area contributed by atoms with E-state index < -0.39 is 0 Å². The lowest BCUT2D eigenvalue weighted by molar-refractivity contribution is -0.122. The van der Waals surface area contributed by atoms with E-state index in [1.807, 2.05) is 18.5 Å². The Bertz CT molecular complexity index is 565. The first-order valence-electron chi connectivity index (χ1n) is 8.20. The van der Waals surface area contributed by atoms with E-state index in [-0.39, 0.29) is 18.5 Å². The summed E-state index contributed by atoms with van der Waals surface area (Å²) >= 11 is 0. The number of rotatable bonds is 7. The molecule has 24 heavy (non-hydrogen) atoms. The zero-order chi connectivity index (χ0) is 17.5. The zero-order valence-corrected chi connectivity index (χ0v) is 14.6. The summed E-state index contributed by atoms with van der Waals surface area (Å²) in [4.78, 5) is 13.9. The number of nitrogens with one attached hydrogen (secondary N) is 2. The number of methoxy groups -OCH3 is 2. The summed E-state index contributed by atoms with van der Waals surface area (Å²) in [5.41, 5.74) is 4.32. The van der Waals surface area contributed by atoms with E-state index >= 15 is 0 Å². The zero-order valence-electron chi connectivity index (χ0n) is 14.6. The van der Waals surface area contributed by atoms with Crippen LogP contribution in [0.4, 0.5) is 0 Å². The molecular weight excluding hydrogens is 310 g/mol. The third-order valence-corrected chi connectivity index (χ3v) is 4.23. The van der Waals surface area contributed by atoms with Gasteiger partial charge in [-0.25, -0.2) is 0 Å². The molecule has 1 aromatic rings. The predicted octanol–water partition coefficient (Wildman–Crippen LogP) is 0.936. The Morgan fingerprint density at radius 1 is 1.38 bits per heavy atom. The van der Waals surface area contributed by atoms with Crippen molar-refractivity contribution in [2.24, 2.45) is 0 Å². The number of fused-ring (bicyclic) bond motifs is 1. The first-order valence-corrected chi connectivity index (χ1v) is 8.20. The fourth-order valence-electron chi connectivity index (χ4n) is 3.22. The molecule has 7 heteroatoms. The second kappa shape index (κ2) is 8.86. The minimum Gasteiger partial charge on any atom is -0.493 e. The fourth-order valence-corrected chi connectivity index (χ4v) is 3.22. The van der Waals surface area contributed by atoms with Crippen LogP contribution in [0.5, 0.6) is 11.5 Å². The number of hydrogen-bond acceptors (Lipinski definition) is 6. The van der Waals surface area contributed by atoms with E-state index in [4.69, 9.17) is 14.7 Å². The van der Waals surface area contributed by atoms with Crippen LogP contribution in [0.3, 0.4) is 0 Å². The minimum atomic E-state index is -0.223. The molecule has 0 bridgehead atoms. The van der Waals surface area contributed by atoms with Gasteiger partial charge in [0.2, 0.25) is 5.91 Å². The number of carbonyl (C=O) groups is 1. The molecule has 0 radical (unpaired) electrons. The quantitative estimate of drug-likeness (QED) is 0.642. The van der Waals surface area contributed by atoms with Gasteiger partial charge in [-0.15, -0.1) is 0 Å². The average Bonchev–Trinajstić information content (AvgIpc) is 2.75. The predicted molar refractivity (Wildman–Crippen MR) is 90.5 cm³/mol. The van der Waals surface area contributed by atoms with E-state index in [2.05, 4.69) is 16.3 Å². The van der Waals surface area contributed by atoms with Gasteiger partial charge in [0.05, 0.1) is 20.8 Å². The number of hydroxylamine groups is 1. The number of ether oxygens (including phenoxy) is 2. The number of benzene rings is 1. The highest BCUT2D eigenvalue weighted by Crippen LogP contribution is 2.36. The lowest BCUT2D eigenvalue weighted by Gasteiger charge is -2.26. The number of carbonyl (C=O) groups excluding carboxylic acids is 1. The fraction of sp³-hybridized carbons (Fsp3) is 0.588. The average molecular weight is 337 g/mol. The van der Waals surface area contributed by atoms with Crippen LogP contribution >= 0.6 is 0 Å². The topological polar surface area (TPSA) is 83.1 Å². The van der Waals surface area contributed by atoms with Gasteiger partial charge in [-0.2, -0.15) is 5.48 Å². The number of hydrogen-bond donors (Lipinski definition) is 3. The van der Waals surface area contributed by atoms with Crippen LogP contribution < -0.4 is 20.3 Å². The molecule has 7 nitrogen and oxygen atoms in total. The molecule has 0 aliphatic carbocycles. The van der Waals surface area contributed by atoms with E-state index in [9.17, 15) is 4.79 Å². The maximum atomic E-state index is 11.6. The Morgan fingerprint density at radius 2 is 2.17 bits per heavy atom. The van der Waals surface area contributed by atoms with Gasteiger partial charge in [0.1, 0.15) is 0 Å². The van der Waals surface area contributed by atoms with Crippen LogP contribution in [-0.2, 0) is 17.8 Å². The van der Waals surface area contributed by atoms with Crippen molar-refractivity contribution < 1.29 is 19.5 Å². The Morgan fingerprint density at radius 3 is 2.83 bits per heavy atom. The van der Waals surface area contributed by atoms with Crippen molar-refractivity contribution in [2.75, 3.05) is 33.9 Å². The standard InChI is InChI=1S/C17H27N3O4/c1-12(19-16(21)9-18-22)10-20-8-4-5-13-6-7-15(23-2)17(24-3)14(13)11-20/h6-7,12,18,22H,4-5,8-11H2,1-3H3,(H,19,21)/t12-/m0/s1.